The van der Waals surface area contributed by atoms with Crippen molar-refractivity contribution in [3.05, 3.63) is 53.6 Å². The Morgan fingerprint density at radius 1 is 1.16 bits per heavy atom. The highest BCUT2D eigenvalue weighted by molar-refractivity contribution is 6.14. The smallest absolute Gasteiger partial charge is 0.277 e. The molecule has 1 unspecified atom stereocenters. The van der Waals surface area contributed by atoms with Gasteiger partial charge in [-0.3, -0.25) is 20.0 Å². The van der Waals surface area contributed by atoms with E-state index in [2.05, 4.69) is 37.6 Å². The molecule has 1 fully saturated rings. The Bertz CT molecular complexity index is 1280. The van der Waals surface area contributed by atoms with Gasteiger partial charge in [0.2, 0.25) is 5.82 Å². The molecule has 0 aliphatic carbocycles. The number of amides is 3. The monoisotopic (exact) mass is 411 g/mol. The van der Waals surface area contributed by atoms with E-state index in [9.17, 15) is 9.59 Å². The highest BCUT2D eigenvalue weighted by atomic mass is 16.2. The van der Waals surface area contributed by atoms with Crippen LogP contribution in [-0.4, -0.2) is 38.4 Å². The third-order valence-corrected chi connectivity index (χ3v) is 5.18. The fraction of sp³-hybridized carbons (Fsp3) is 0.182. The first-order valence-electron chi connectivity index (χ1n) is 9.71. The van der Waals surface area contributed by atoms with Crippen molar-refractivity contribution in [2.75, 3.05) is 4.90 Å². The largest absolute Gasteiger partial charge is 0.329 e. The first-order valence-corrected chi connectivity index (χ1v) is 9.71. The molecule has 3 amide bonds. The molecule has 1 saturated heterocycles. The highest BCUT2D eigenvalue weighted by Gasteiger charge is 2.40. The predicted octanol–water partition coefficient (Wildman–Crippen LogP) is 2.42. The SMILES string of the molecule is CC#CCn1nnc(-c2ccc(C3C(=O)NC(=O)N3c3ccc4c(c3)N=CC4)cc2)n1. The molecule has 0 saturated carbocycles. The van der Waals surface area contributed by atoms with Crippen LogP contribution in [-0.2, 0) is 17.8 Å². The molecule has 1 aromatic heterocycles. The number of carbonyl (C=O) groups is 2. The van der Waals surface area contributed by atoms with Crippen LogP contribution < -0.4 is 10.2 Å². The van der Waals surface area contributed by atoms with E-state index < -0.39 is 12.1 Å². The average molecular weight is 411 g/mol. The quantitative estimate of drug-likeness (QED) is 0.524. The molecule has 9 nitrogen and oxygen atoms in total. The molecular weight excluding hydrogens is 394 g/mol. The van der Waals surface area contributed by atoms with Crippen molar-refractivity contribution in [2.24, 2.45) is 4.99 Å². The highest BCUT2D eigenvalue weighted by Crippen LogP contribution is 2.36. The van der Waals surface area contributed by atoms with E-state index in [-0.39, 0.29) is 5.91 Å². The maximum Gasteiger partial charge on any atom is 0.329 e. The van der Waals surface area contributed by atoms with Gasteiger partial charge in [-0.15, -0.1) is 16.1 Å². The summed E-state index contributed by atoms with van der Waals surface area (Å²) in [6.45, 7) is 2.12. The number of tetrazole rings is 1. The standard InChI is InChI=1S/C22H17N7O2/c1-2-3-12-28-26-20(25-27-28)16-6-4-15(5-7-16)19-21(30)24-22(31)29(19)17-9-8-14-10-11-23-18(14)13-17/h4-9,11,13,19H,10,12H2,1H3,(H,24,30,31). The first kappa shape index (κ1) is 18.7. The van der Waals surface area contributed by atoms with Crippen molar-refractivity contribution in [3.8, 4) is 23.2 Å². The zero-order chi connectivity index (χ0) is 21.4. The molecular formula is C22H17N7O2. The summed E-state index contributed by atoms with van der Waals surface area (Å²) in [5, 5.41) is 14.7. The van der Waals surface area contributed by atoms with Crippen molar-refractivity contribution in [2.45, 2.75) is 25.9 Å². The number of carbonyl (C=O) groups excluding carboxylic acids is 2. The average Bonchev–Trinajstić information content (AvgIpc) is 3.50. The molecule has 9 heteroatoms. The van der Waals surface area contributed by atoms with Crippen LogP contribution >= 0.6 is 0 Å². The second-order valence-corrected chi connectivity index (χ2v) is 7.09. The van der Waals surface area contributed by atoms with E-state index in [1.165, 1.54) is 9.70 Å². The molecule has 2 aliphatic heterocycles. The second-order valence-electron chi connectivity index (χ2n) is 7.09. The summed E-state index contributed by atoms with van der Waals surface area (Å²) in [4.78, 5) is 32.4. The zero-order valence-electron chi connectivity index (χ0n) is 16.6. The van der Waals surface area contributed by atoms with Crippen molar-refractivity contribution >= 4 is 29.5 Å². The summed E-state index contributed by atoms with van der Waals surface area (Å²) >= 11 is 0. The maximum atomic E-state index is 12.6. The zero-order valence-corrected chi connectivity index (χ0v) is 16.6. The van der Waals surface area contributed by atoms with E-state index >= 15 is 0 Å². The van der Waals surface area contributed by atoms with Crippen LogP contribution in [0.15, 0.2) is 47.5 Å². The van der Waals surface area contributed by atoms with Gasteiger partial charge in [-0.05, 0) is 35.4 Å². The predicted molar refractivity (Wildman–Crippen MR) is 114 cm³/mol. The van der Waals surface area contributed by atoms with Crippen molar-refractivity contribution in [3.63, 3.8) is 0 Å². The van der Waals surface area contributed by atoms with Gasteiger partial charge in [-0.2, -0.15) is 4.80 Å². The lowest BCUT2D eigenvalue weighted by atomic mass is 10.0. The summed E-state index contributed by atoms with van der Waals surface area (Å²) < 4.78 is 0. The molecule has 1 N–H and O–H groups in total. The maximum absolute atomic E-state index is 12.6. The lowest BCUT2D eigenvalue weighted by Crippen LogP contribution is -2.29. The lowest BCUT2D eigenvalue weighted by Gasteiger charge is -2.22. The van der Waals surface area contributed by atoms with Crippen molar-refractivity contribution in [1.82, 2.24) is 25.5 Å². The van der Waals surface area contributed by atoms with Crippen LogP contribution in [0.2, 0.25) is 0 Å². The minimum atomic E-state index is -0.770. The van der Waals surface area contributed by atoms with Gasteiger partial charge in [-0.25, -0.2) is 4.79 Å². The summed E-state index contributed by atoms with van der Waals surface area (Å²) in [6, 6.07) is 11.6. The molecule has 0 spiro atoms. The van der Waals surface area contributed by atoms with Crippen LogP contribution in [0.1, 0.15) is 24.1 Å². The molecule has 3 aromatic rings. The fourth-order valence-electron chi connectivity index (χ4n) is 3.66. The Morgan fingerprint density at radius 3 is 2.81 bits per heavy atom. The van der Waals surface area contributed by atoms with Gasteiger partial charge in [0.05, 0.1) is 5.69 Å². The Morgan fingerprint density at radius 2 is 2.00 bits per heavy atom. The van der Waals surface area contributed by atoms with Crippen LogP contribution in [0.25, 0.3) is 11.4 Å². The number of fused-ring (bicyclic) bond motifs is 1. The number of hydrogen-bond donors (Lipinski definition) is 1. The minimum absolute atomic E-state index is 0.367. The van der Waals surface area contributed by atoms with Gasteiger partial charge < -0.3 is 0 Å². The number of aromatic nitrogens is 4. The molecule has 5 rings (SSSR count). The number of nitrogens with one attached hydrogen (secondary N) is 1. The van der Waals surface area contributed by atoms with Gasteiger partial charge in [0.15, 0.2) is 0 Å². The fourth-order valence-corrected chi connectivity index (χ4v) is 3.66. The summed E-state index contributed by atoms with van der Waals surface area (Å²) in [6.07, 6.45) is 2.61. The molecule has 2 aromatic carbocycles. The summed E-state index contributed by atoms with van der Waals surface area (Å²) in [7, 11) is 0. The van der Waals surface area contributed by atoms with Crippen LogP contribution in [0.4, 0.5) is 16.2 Å². The Hall–Kier alpha value is -4.32. The lowest BCUT2D eigenvalue weighted by molar-refractivity contribution is -0.119. The molecule has 0 radical (unpaired) electrons. The van der Waals surface area contributed by atoms with E-state index in [4.69, 9.17) is 0 Å². The Balaban J connectivity index is 1.44. The van der Waals surface area contributed by atoms with E-state index in [0.29, 0.717) is 23.6 Å². The third kappa shape index (κ3) is 3.34. The van der Waals surface area contributed by atoms with Crippen LogP contribution in [0.3, 0.4) is 0 Å². The summed E-state index contributed by atoms with van der Waals surface area (Å²) in [5.41, 5.74) is 3.97. The molecule has 1 atom stereocenters. The number of imide groups is 1. The van der Waals surface area contributed by atoms with Gasteiger partial charge >= 0.3 is 6.03 Å². The van der Waals surface area contributed by atoms with E-state index in [1.807, 2.05) is 36.5 Å². The van der Waals surface area contributed by atoms with Gasteiger partial charge in [-0.1, -0.05) is 36.3 Å². The topological polar surface area (TPSA) is 105 Å². The van der Waals surface area contributed by atoms with Crippen molar-refractivity contribution in [1.29, 1.82) is 0 Å². The number of rotatable bonds is 4. The third-order valence-electron chi connectivity index (χ3n) is 5.18. The number of aliphatic imine (C=N–C) groups is 1. The summed E-state index contributed by atoms with van der Waals surface area (Å²) in [5.74, 6) is 5.76. The van der Waals surface area contributed by atoms with E-state index in [1.54, 1.807) is 19.1 Å². The van der Waals surface area contributed by atoms with E-state index in [0.717, 1.165) is 23.2 Å². The number of anilines is 1. The van der Waals surface area contributed by atoms with Gasteiger partial charge in [0.25, 0.3) is 5.91 Å². The molecule has 31 heavy (non-hydrogen) atoms. The number of hydrogen-bond acceptors (Lipinski definition) is 6. The Kier molecular flexibility index (Phi) is 4.52. The minimum Gasteiger partial charge on any atom is -0.277 e. The van der Waals surface area contributed by atoms with Gasteiger partial charge in [0, 0.05) is 23.9 Å². The van der Waals surface area contributed by atoms with Gasteiger partial charge in [0.1, 0.15) is 12.6 Å². The molecule has 152 valence electrons. The number of urea groups is 1. The molecule has 2 aliphatic rings. The normalized spacial score (nSPS) is 16.8. The molecule has 3 heterocycles. The number of nitrogens with zero attached hydrogens (tertiary/aromatic N) is 6. The van der Waals surface area contributed by atoms with Crippen LogP contribution in [0, 0.1) is 11.8 Å². The number of benzene rings is 2. The molecule has 0 bridgehead atoms. The van der Waals surface area contributed by atoms with Crippen molar-refractivity contribution < 1.29 is 9.59 Å². The Labute approximate surface area is 177 Å². The van der Waals surface area contributed by atoms with Crippen LogP contribution in [0.5, 0.6) is 0 Å². The first-order chi connectivity index (χ1) is 15.1. The second kappa shape index (κ2) is 7.50.